The normalized spacial score (nSPS) is 12.6. The van der Waals surface area contributed by atoms with Crippen LogP contribution in [0.2, 0.25) is 0 Å². The number of hydrogen-bond donors (Lipinski definition) is 0. The van der Waals surface area contributed by atoms with Crippen LogP contribution in [0.25, 0.3) is 11.3 Å². The van der Waals surface area contributed by atoms with Gasteiger partial charge in [0.05, 0.1) is 24.1 Å². The third-order valence-corrected chi connectivity index (χ3v) is 4.58. The molecule has 0 fully saturated rings. The summed E-state index contributed by atoms with van der Waals surface area (Å²) >= 11 is 0. The van der Waals surface area contributed by atoms with Crippen molar-refractivity contribution >= 4 is 11.6 Å². The van der Waals surface area contributed by atoms with Gasteiger partial charge in [-0.1, -0.05) is 0 Å². The highest BCUT2D eigenvalue weighted by Crippen LogP contribution is 2.37. The fourth-order valence-electron chi connectivity index (χ4n) is 3.28. The summed E-state index contributed by atoms with van der Waals surface area (Å²) in [6.45, 7) is -3.16. The first-order chi connectivity index (χ1) is 15.0. The van der Waals surface area contributed by atoms with Gasteiger partial charge in [0, 0.05) is 35.0 Å². The molecule has 0 unspecified atom stereocenters. The Hall–Kier alpha value is -4.13. The summed E-state index contributed by atoms with van der Waals surface area (Å²) in [6.07, 6.45) is 2.71. The van der Waals surface area contributed by atoms with Gasteiger partial charge in [0.2, 0.25) is 5.88 Å². The SMILES string of the molecule is N#CCOc1cc(F)ccc1-c1nccc2c1CN(c1ccc(OC(F)F)nc1)C2=O. The minimum absolute atomic E-state index is 0.128. The van der Waals surface area contributed by atoms with Gasteiger partial charge in [-0.15, -0.1) is 0 Å². The Morgan fingerprint density at radius 2 is 2.00 bits per heavy atom. The van der Waals surface area contributed by atoms with Crippen LogP contribution in [0, 0.1) is 17.1 Å². The highest BCUT2D eigenvalue weighted by molar-refractivity contribution is 6.11. The van der Waals surface area contributed by atoms with Crippen LogP contribution in [0.3, 0.4) is 0 Å². The highest BCUT2D eigenvalue weighted by Gasteiger charge is 2.32. The first-order valence-corrected chi connectivity index (χ1v) is 8.98. The molecule has 1 aromatic carbocycles. The quantitative estimate of drug-likeness (QED) is 0.593. The molecular formula is C21H13F3N4O3. The molecule has 0 aliphatic carbocycles. The number of carbonyl (C=O) groups excluding carboxylic acids is 1. The van der Waals surface area contributed by atoms with Gasteiger partial charge in [-0.2, -0.15) is 14.0 Å². The van der Waals surface area contributed by atoms with Gasteiger partial charge < -0.3 is 14.4 Å². The van der Waals surface area contributed by atoms with Crippen molar-refractivity contribution in [3.05, 3.63) is 65.7 Å². The summed E-state index contributed by atoms with van der Waals surface area (Å²) in [7, 11) is 0. The van der Waals surface area contributed by atoms with E-state index < -0.39 is 12.4 Å². The predicted octanol–water partition coefficient (Wildman–Crippen LogP) is 3.95. The number of carbonyl (C=O) groups is 1. The van der Waals surface area contributed by atoms with Crippen molar-refractivity contribution in [1.82, 2.24) is 9.97 Å². The fourth-order valence-corrected chi connectivity index (χ4v) is 3.28. The molecule has 7 nitrogen and oxygen atoms in total. The number of pyridine rings is 2. The zero-order valence-electron chi connectivity index (χ0n) is 15.8. The lowest BCUT2D eigenvalue weighted by Crippen LogP contribution is -2.23. The van der Waals surface area contributed by atoms with E-state index in [1.807, 2.05) is 6.07 Å². The van der Waals surface area contributed by atoms with Gasteiger partial charge in [-0.05, 0) is 24.3 Å². The Kier molecular flexibility index (Phi) is 5.41. The van der Waals surface area contributed by atoms with E-state index in [0.717, 1.165) is 6.07 Å². The molecular weight excluding hydrogens is 413 g/mol. The highest BCUT2D eigenvalue weighted by atomic mass is 19.3. The van der Waals surface area contributed by atoms with Gasteiger partial charge >= 0.3 is 6.61 Å². The molecule has 1 amide bonds. The Labute approximate surface area is 174 Å². The number of halogens is 3. The van der Waals surface area contributed by atoms with Crippen LogP contribution < -0.4 is 14.4 Å². The first kappa shape index (κ1) is 20.2. The van der Waals surface area contributed by atoms with Crippen molar-refractivity contribution in [2.75, 3.05) is 11.5 Å². The number of anilines is 1. The predicted molar refractivity (Wildman–Crippen MR) is 102 cm³/mol. The van der Waals surface area contributed by atoms with E-state index in [2.05, 4.69) is 14.7 Å². The molecule has 10 heteroatoms. The number of ether oxygens (including phenoxy) is 2. The van der Waals surface area contributed by atoms with Crippen LogP contribution in [-0.4, -0.2) is 29.1 Å². The van der Waals surface area contributed by atoms with E-state index in [-0.39, 0.29) is 30.7 Å². The van der Waals surface area contributed by atoms with Gasteiger partial charge in [0.25, 0.3) is 5.91 Å². The second-order valence-corrected chi connectivity index (χ2v) is 6.40. The molecule has 1 aliphatic heterocycles. The van der Waals surface area contributed by atoms with Crippen molar-refractivity contribution < 1.29 is 27.4 Å². The Morgan fingerprint density at radius 3 is 2.71 bits per heavy atom. The second kappa shape index (κ2) is 8.31. The molecule has 4 rings (SSSR count). The molecule has 0 spiro atoms. The monoisotopic (exact) mass is 426 g/mol. The minimum atomic E-state index is -3.00. The van der Waals surface area contributed by atoms with E-state index in [9.17, 15) is 18.0 Å². The third kappa shape index (κ3) is 3.98. The lowest BCUT2D eigenvalue weighted by atomic mass is 10.0. The maximum absolute atomic E-state index is 13.7. The van der Waals surface area contributed by atoms with Crippen LogP contribution in [0.15, 0.2) is 48.8 Å². The average molecular weight is 426 g/mol. The summed E-state index contributed by atoms with van der Waals surface area (Å²) in [5.74, 6) is -1.01. The zero-order valence-corrected chi connectivity index (χ0v) is 15.8. The molecule has 1 aliphatic rings. The molecule has 31 heavy (non-hydrogen) atoms. The minimum Gasteiger partial charge on any atom is -0.478 e. The van der Waals surface area contributed by atoms with E-state index >= 15 is 0 Å². The lowest BCUT2D eigenvalue weighted by molar-refractivity contribution is -0.0528. The van der Waals surface area contributed by atoms with Crippen LogP contribution in [0.1, 0.15) is 15.9 Å². The fraction of sp³-hybridized carbons (Fsp3) is 0.143. The standard InChI is InChI=1S/C21H13F3N4O3/c22-12-1-3-15(17(9-12)30-8-6-25)19-16-11-28(20(29)14(16)5-7-26-19)13-2-4-18(27-10-13)31-21(23)24/h1-5,7,9-10,21H,8,11H2. The van der Waals surface area contributed by atoms with Crippen molar-refractivity contribution in [1.29, 1.82) is 5.26 Å². The summed E-state index contributed by atoms with van der Waals surface area (Å²) in [6, 6.07) is 9.92. The van der Waals surface area contributed by atoms with Crippen molar-refractivity contribution in [3.63, 3.8) is 0 Å². The average Bonchev–Trinajstić information content (AvgIpc) is 3.09. The smallest absolute Gasteiger partial charge is 0.388 e. The zero-order chi connectivity index (χ0) is 22.0. The number of fused-ring (bicyclic) bond motifs is 1. The molecule has 3 aromatic rings. The second-order valence-electron chi connectivity index (χ2n) is 6.40. The Morgan fingerprint density at radius 1 is 1.16 bits per heavy atom. The van der Waals surface area contributed by atoms with Crippen LogP contribution in [0.5, 0.6) is 11.6 Å². The summed E-state index contributed by atoms with van der Waals surface area (Å²) in [5.41, 5.74) is 2.19. The maximum atomic E-state index is 13.7. The molecule has 2 aromatic heterocycles. The number of amides is 1. The van der Waals surface area contributed by atoms with Crippen LogP contribution in [-0.2, 0) is 6.54 Å². The van der Waals surface area contributed by atoms with Crippen LogP contribution in [0.4, 0.5) is 18.9 Å². The molecule has 0 N–H and O–H groups in total. The number of benzene rings is 1. The molecule has 0 bridgehead atoms. The van der Waals surface area contributed by atoms with Gasteiger partial charge in [0.1, 0.15) is 17.6 Å². The third-order valence-electron chi connectivity index (χ3n) is 4.58. The molecule has 0 atom stereocenters. The number of nitrogens with zero attached hydrogens (tertiary/aromatic N) is 4. The lowest BCUT2D eigenvalue weighted by Gasteiger charge is -2.16. The first-order valence-electron chi connectivity index (χ1n) is 8.98. The molecule has 156 valence electrons. The Balaban J connectivity index is 1.69. The largest absolute Gasteiger partial charge is 0.478 e. The van der Waals surface area contributed by atoms with Gasteiger partial charge in [-0.3, -0.25) is 9.78 Å². The molecule has 0 saturated heterocycles. The van der Waals surface area contributed by atoms with Crippen LogP contribution >= 0.6 is 0 Å². The van der Waals surface area contributed by atoms with E-state index in [1.54, 1.807) is 6.07 Å². The van der Waals surface area contributed by atoms with Gasteiger partial charge in [-0.25, -0.2) is 9.37 Å². The number of hydrogen-bond acceptors (Lipinski definition) is 6. The van der Waals surface area contributed by atoms with Crippen molar-refractivity contribution in [2.45, 2.75) is 13.2 Å². The summed E-state index contributed by atoms with van der Waals surface area (Å²) in [4.78, 5) is 22.5. The number of rotatable bonds is 6. The molecule has 0 saturated carbocycles. The maximum Gasteiger partial charge on any atom is 0.388 e. The van der Waals surface area contributed by atoms with Gasteiger partial charge in [0.15, 0.2) is 6.61 Å². The summed E-state index contributed by atoms with van der Waals surface area (Å²) < 4.78 is 47.9. The molecule has 0 radical (unpaired) electrons. The molecule has 3 heterocycles. The number of aromatic nitrogens is 2. The summed E-state index contributed by atoms with van der Waals surface area (Å²) in [5, 5.41) is 8.78. The number of nitriles is 1. The van der Waals surface area contributed by atoms with E-state index in [0.29, 0.717) is 28.1 Å². The topological polar surface area (TPSA) is 88.3 Å². The van der Waals surface area contributed by atoms with Crippen molar-refractivity contribution in [2.24, 2.45) is 0 Å². The van der Waals surface area contributed by atoms with E-state index in [1.165, 1.54) is 41.6 Å². The van der Waals surface area contributed by atoms with E-state index in [4.69, 9.17) is 10.00 Å². The number of alkyl halides is 2. The Bertz CT molecular complexity index is 1180. The van der Waals surface area contributed by atoms with Crippen molar-refractivity contribution in [3.8, 4) is 29.0 Å².